The van der Waals surface area contributed by atoms with Gasteiger partial charge in [0.25, 0.3) is 0 Å². The number of hydrogen-bond acceptors (Lipinski definition) is 1. The molecular weight excluding hydrogens is 229 g/mol. The van der Waals surface area contributed by atoms with Crippen molar-refractivity contribution in [1.82, 2.24) is 5.32 Å². The van der Waals surface area contributed by atoms with Crippen LogP contribution < -0.4 is 5.32 Å². The van der Waals surface area contributed by atoms with Gasteiger partial charge in [-0.2, -0.15) is 0 Å². The largest absolute Gasteiger partial charge is 0.316 e. The highest BCUT2D eigenvalue weighted by Crippen LogP contribution is 2.24. The fourth-order valence-electron chi connectivity index (χ4n) is 2.04. The van der Waals surface area contributed by atoms with Crippen molar-refractivity contribution >= 4 is 24.0 Å². The van der Waals surface area contributed by atoms with E-state index in [1.165, 1.54) is 31.4 Å². The highest BCUT2D eigenvalue weighted by molar-refractivity contribution is 6.30. The molecule has 0 amide bonds. The first-order valence-corrected chi connectivity index (χ1v) is 5.70. The average Bonchev–Trinajstić information content (AvgIpc) is 2.47. The Morgan fingerprint density at radius 2 is 1.87 bits per heavy atom. The van der Waals surface area contributed by atoms with Gasteiger partial charge in [-0.15, -0.1) is 12.4 Å². The van der Waals surface area contributed by atoms with E-state index in [4.69, 9.17) is 11.6 Å². The van der Waals surface area contributed by atoms with E-state index < -0.39 is 0 Å². The summed E-state index contributed by atoms with van der Waals surface area (Å²) in [5.74, 6) is 0.676. The van der Waals surface area contributed by atoms with E-state index in [-0.39, 0.29) is 12.4 Å². The third kappa shape index (κ3) is 3.67. The molecule has 0 bridgehead atoms. The van der Waals surface area contributed by atoms with Crippen LogP contribution in [0.5, 0.6) is 0 Å². The highest BCUT2D eigenvalue weighted by atomic mass is 35.5. The van der Waals surface area contributed by atoms with E-state index in [9.17, 15) is 0 Å². The molecule has 15 heavy (non-hydrogen) atoms. The maximum absolute atomic E-state index is 5.87. The zero-order chi connectivity index (χ0) is 9.80. The van der Waals surface area contributed by atoms with E-state index in [1.807, 2.05) is 12.1 Å². The van der Waals surface area contributed by atoms with Gasteiger partial charge in [-0.05, 0) is 43.0 Å². The molecule has 0 spiro atoms. The van der Waals surface area contributed by atoms with Gasteiger partial charge in [-0.25, -0.2) is 0 Å². The van der Waals surface area contributed by atoms with Gasteiger partial charge in [0.1, 0.15) is 0 Å². The lowest BCUT2D eigenvalue weighted by Crippen LogP contribution is -2.19. The van der Waals surface area contributed by atoms with Crippen molar-refractivity contribution < 1.29 is 0 Å². The first-order valence-electron chi connectivity index (χ1n) is 5.32. The summed E-state index contributed by atoms with van der Waals surface area (Å²) in [6, 6.07) is 8.28. The normalized spacial score (nSPS) is 21.5. The first kappa shape index (κ1) is 12.8. The lowest BCUT2D eigenvalue weighted by atomic mass is 9.95. The van der Waals surface area contributed by atoms with E-state index >= 15 is 0 Å². The van der Waals surface area contributed by atoms with Crippen molar-refractivity contribution in [3.05, 3.63) is 34.9 Å². The predicted molar refractivity (Wildman–Crippen MR) is 68.2 cm³/mol. The molecule has 1 nitrogen and oxygen atoms in total. The second kappa shape index (κ2) is 6.37. The van der Waals surface area contributed by atoms with Gasteiger partial charge in [-0.1, -0.05) is 30.2 Å². The molecule has 1 aromatic carbocycles. The van der Waals surface area contributed by atoms with Gasteiger partial charge < -0.3 is 5.32 Å². The smallest absolute Gasteiger partial charge is 0.0406 e. The Labute approximate surface area is 103 Å². The first-order chi connectivity index (χ1) is 6.86. The number of benzene rings is 1. The molecule has 1 heterocycles. The topological polar surface area (TPSA) is 12.0 Å². The van der Waals surface area contributed by atoms with Crippen LogP contribution >= 0.6 is 24.0 Å². The van der Waals surface area contributed by atoms with Gasteiger partial charge in [0, 0.05) is 11.6 Å². The molecule has 84 valence electrons. The molecule has 0 saturated carbocycles. The molecule has 0 radical (unpaired) electrons. The molecule has 1 atom stereocenters. The maximum Gasteiger partial charge on any atom is 0.0406 e. The summed E-state index contributed by atoms with van der Waals surface area (Å²) in [6.07, 6.45) is 3.94. The summed E-state index contributed by atoms with van der Waals surface area (Å²) in [5, 5.41) is 4.31. The van der Waals surface area contributed by atoms with Crippen LogP contribution in [-0.2, 0) is 0 Å². The molecule has 0 aromatic heterocycles. The fraction of sp³-hybridized carbons (Fsp3) is 0.500. The summed E-state index contributed by atoms with van der Waals surface area (Å²) in [7, 11) is 0. The molecule has 1 N–H and O–H groups in total. The van der Waals surface area contributed by atoms with E-state index in [2.05, 4.69) is 17.4 Å². The van der Waals surface area contributed by atoms with Crippen LogP contribution in [0.25, 0.3) is 0 Å². The monoisotopic (exact) mass is 245 g/mol. The van der Waals surface area contributed by atoms with Crippen LogP contribution in [0.1, 0.15) is 30.7 Å². The van der Waals surface area contributed by atoms with Crippen LogP contribution in [0, 0.1) is 0 Å². The molecule has 1 saturated heterocycles. The Kier molecular flexibility index (Phi) is 5.44. The SMILES string of the molecule is Cl.Clc1ccc(C2CCCCNC2)cc1. The number of nitrogens with one attached hydrogen (secondary N) is 1. The van der Waals surface area contributed by atoms with Gasteiger partial charge in [0.2, 0.25) is 0 Å². The number of halogens is 2. The Balaban J connectivity index is 0.00000112. The van der Waals surface area contributed by atoms with E-state index in [0.717, 1.165) is 11.6 Å². The third-order valence-corrected chi connectivity index (χ3v) is 3.14. The quantitative estimate of drug-likeness (QED) is 0.798. The standard InChI is InChI=1S/C12H16ClN.ClH/c13-12-6-4-10(5-7-12)11-3-1-2-8-14-9-11;/h4-7,11,14H,1-3,8-9H2;1H. The summed E-state index contributed by atoms with van der Waals surface area (Å²) in [6.45, 7) is 2.28. The molecule has 1 aliphatic heterocycles. The zero-order valence-corrected chi connectivity index (χ0v) is 10.3. The average molecular weight is 246 g/mol. The minimum atomic E-state index is 0. The maximum atomic E-state index is 5.87. The van der Waals surface area contributed by atoms with E-state index in [0.29, 0.717) is 5.92 Å². The van der Waals surface area contributed by atoms with Crippen molar-refractivity contribution in [3.63, 3.8) is 0 Å². The molecule has 3 heteroatoms. The fourth-order valence-corrected chi connectivity index (χ4v) is 2.16. The third-order valence-electron chi connectivity index (χ3n) is 2.89. The Morgan fingerprint density at radius 1 is 1.13 bits per heavy atom. The van der Waals surface area contributed by atoms with Crippen molar-refractivity contribution in [1.29, 1.82) is 0 Å². The number of hydrogen-bond donors (Lipinski definition) is 1. The zero-order valence-electron chi connectivity index (χ0n) is 8.71. The molecular formula is C12H17Cl2N. The Bertz CT molecular complexity index is 276. The number of rotatable bonds is 1. The van der Waals surface area contributed by atoms with Crippen molar-refractivity contribution in [2.45, 2.75) is 25.2 Å². The van der Waals surface area contributed by atoms with Crippen LogP contribution in [0.4, 0.5) is 0 Å². The lowest BCUT2D eigenvalue weighted by Gasteiger charge is -2.14. The second-order valence-corrected chi connectivity index (χ2v) is 4.38. The minimum absolute atomic E-state index is 0. The van der Waals surface area contributed by atoms with Gasteiger partial charge in [-0.3, -0.25) is 0 Å². The van der Waals surface area contributed by atoms with Crippen LogP contribution in [0.3, 0.4) is 0 Å². The Morgan fingerprint density at radius 3 is 2.60 bits per heavy atom. The van der Waals surface area contributed by atoms with Crippen LogP contribution in [0.15, 0.2) is 24.3 Å². The molecule has 1 fully saturated rings. The van der Waals surface area contributed by atoms with E-state index in [1.54, 1.807) is 0 Å². The van der Waals surface area contributed by atoms with Gasteiger partial charge >= 0.3 is 0 Å². The molecule has 1 aromatic rings. The van der Waals surface area contributed by atoms with Crippen molar-refractivity contribution in [2.24, 2.45) is 0 Å². The summed E-state index contributed by atoms with van der Waals surface area (Å²) in [4.78, 5) is 0. The molecule has 0 aliphatic carbocycles. The van der Waals surface area contributed by atoms with Crippen LogP contribution in [-0.4, -0.2) is 13.1 Å². The lowest BCUT2D eigenvalue weighted by molar-refractivity contribution is 0.610. The van der Waals surface area contributed by atoms with Gasteiger partial charge in [0.15, 0.2) is 0 Å². The summed E-state index contributed by atoms with van der Waals surface area (Å²) < 4.78 is 0. The highest BCUT2D eigenvalue weighted by Gasteiger charge is 2.13. The Hall–Kier alpha value is -0.240. The molecule has 2 rings (SSSR count). The molecule has 1 aliphatic rings. The molecule has 1 unspecified atom stereocenters. The van der Waals surface area contributed by atoms with Crippen molar-refractivity contribution in [3.8, 4) is 0 Å². The van der Waals surface area contributed by atoms with Gasteiger partial charge in [0.05, 0.1) is 0 Å². The minimum Gasteiger partial charge on any atom is -0.316 e. The summed E-state index contributed by atoms with van der Waals surface area (Å²) >= 11 is 5.87. The predicted octanol–water partition coefficient (Wildman–Crippen LogP) is 3.62. The van der Waals surface area contributed by atoms with Crippen molar-refractivity contribution in [2.75, 3.05) is 13.1 Å². The second-order valence-electron chi connectivity index (χ2n) is 3.95. The van der Waals surface area contributed by atoms with Crippen LogP contribution in [0.2, 0.25) is 5.02 Å². The summed E-state index contributed by atoms with van der Waals surface area (Å²) in [5.41, 5.74) is 1.42.